The van der Waals surface area contributed by atoms with Crippen molar-refractivity contribution in [3.8, 4) is 11.8 Å². The molecule has 21 heavy (non-hydrogen) atoms. The SMILES string of the molecule is CC1CN(Cc2ccc(F)cc2C#CCCO)CC(C)O1. The molecule has 0 amide bonds. The van der Waals surface area contributed by atoms with E-state index in [0.717, 1.165) is 25.2 Å². The highest BCUT2D eigenvalue weighted by molar-refractivity contribution is 5.41. The summed E-state index contributed by atoms with van der Waals surface area (Å²) in [6.07, 6.45) is 0.818. The molecule has 1 saturated heterocycles. The maximum Gasteiger partial charge on any atom is 0.124 e. The van der Waals surface area contributed by atoms with Gasteiger partial charge in [-0.3, -0.25) is 4.90 Å². The zero-order chi connectivity index (χ0) is 15.2. The minimum absolute atomic E-state index is 0.0240. The highest BCUT2D eigenvalue weighted by atomic mass is 19.1. The van der Waals surface area contributed by atoms with Crippen molar-refractivity contribution in [1.82, 2.24) is 4.90 Å². The van der Waals surface area contributed by atoms with E-state index in [0.29, 0.717) is 12.0 Å². The van der Waals surface area contributed by atoms with Crippen LogP contribution in [0.4, 0.5) is 4.39 Å². The highest BCUT2D eigenvalue weighted by Crippen LogP contribution is 2.17. The molecule has 0 bridgehead atoms. The van der Waals surface area contributed by atoms with E-state index < -0.39 is 0 Å². The van der Waals surface area contributed by atoms with Gasteiger partial charge >= 0.3 is 0 Å². The van der Waals surface area contributed by atoms with Crippen LogP contribution in [-0.4, -0.2) is 41.9 Å². The topological polar surface area (TPSA) is 32.7 Å². The van der Waals surface area contributed by atoms with Crippen molar-refractivity contribution in [3.05, 3.63) is 35.1 Å². The molecule has 0 saturated carbocycles. The first-order chi connectivity index (χ1) is 10.1. The average Bonchev–Trinajstić information content (AvgIpc) is 2.41. The van der Waals surface area contributed by atoms with Crippen LogP contribution in [0, 0.1) is 17.7 Å². The second-order valence-corrected chi connectivity index (χ2v) is 5.53. The Bertz CT molecular complexity index is 525. The summed E-state index contributed by atoms with van der Waals surface area (Å²) in [5, 5.41) is 8.79. The van der Waals surface area contributed by atoms with E-state index >= 15 is 0 Å². The Morgan fingerprint density at radius 3 is 2.71 bits per heavy atom. The second kappa shape index (κ2) is 7.56. The van der Waals surface area contributed by atoms with Gasteiger partial charge in [-0.2, -0.15) is 0 Å². The molecule has 1 fully saturated rings. The van der Waals surface area contributed by atoms with Gasteiger partial charge in [0.05, 0.1) is 18.8 Å². The molecule has 2 unspecified atom stereocenters. The van der Waals surface area contributed by atoms with Crippen LogP contribution in [0.1, 0.15) is 31.4 Å². The molecule has 1 aromatic rings. The van der Waals surface area contributed by atoms with Gasteiger partial charge in [-0.15, -0.1) is 0 Å². The van der Waals surface area contributed by atoms with Crippen LogP contribution < -0.4 is 0 Å². The van der Waals surface area contributed by atoms with Crippen LogP contribution in [-0.2, 0) is 11.3 Å². The molecule has 114 valence electrons. The monoisotopic (exact) mass is 291 g/mol. The fourth-order valence-electron chi connectivity index (χ4n) is 2.67. The summed E-state index contributed by atoms with van der Waals surface area (Å²) in [5.74, 6) is 5.54. The third-order valence-corrected chi connectivity index (χ3v) is 3.42. The molecule has 1 aliphatic heterocycles. The van der Waals surface area contributed by atoms with E-state index in [1.807, 2.05) is 0 Å². The summed E-state index contributed by atoms with van der Waals surface area (Å²) >= 11 is 0. The smallest absolute Gasteiger partial charge is 0.124 e. The van der Waals surface area contributed by atoms with Crippen LogP contribution in [0.2, 0.25) is 0 Å². The quantitative estimate of drug-likeness (QED) is 0.866. The Morgan fingerprint density at radius 1 is 1.33 bits per heavy atom. The predicted molar refractivity (Wildman–Crippen MR) is 80.3 cm³/mol. The molecule has 2 atom stereocenters. The number of aliphatic hydroxyl groups is 1. The molecular formula is C17H22FNO2. The van der Waals surface area contributed by atoms with Crippen molar-refractivity contribution in [2.24, 2.45) is 0 Å². The van der Waals surface area contributed by atoms with E-state index in [9.17, 15) is 4.39 Å². The van der Waals surface area contributed by atoms with Crippen molar-refractivity contribution in [1.29, 1.82) is 0 Å². The van der Waals surface area contributed by atoms with Crippen LogP contribution in [0.15, 0.2) is 18.2 Å². The van der Waals surface area contributed by atoms with E-state index in [1.165, 1.54) is 12.1 Å². The standard InChI is InChI=1S/C17H22FNO2/c1-13-10-19(11-14(2)21-13)12-16-6-7-17(18)9-15(16)5-3-4-8-20/h6-7,9,13-14,20H,4,8,10-12H2,1-2H3. The van der Waals surface area contributed by atoms with Crippen molar-refractivity contribution in [3.63, 3.8) is 0 Å². The molecule has 3 nitrogen and oxygen atoms in total. The lowest BCUT2D eigenvalue weighted by atomic mass is 10.1. The van der Waals surface area contributed by atoms with Crippen molar-refractivity contribution >= 4 is 0 Å². The van der Waals surface area contributed by atoms with Crippen molar-refractivity contribution in [2.45, 2.75) is 39.0 Å². The molecule has 1 aliphatic rings. The summed E-state index contributed by atoms with van der Waals surface area (Å²) in [4.78, 5) is 2.31. The molecule has 0 aliphatic carbocycles. The van der Waals surface area contributed by atoms with E-state index in [-0.39, 0.29) is 24.6 Å². The number of ether oxygens (including phenoxy) is 1. The lowest BCUT2D eigenvalue weighted by Crippen LogP contribution is -2.44. The molecule has 0 spiro atoms. The van der Waals surface area contributed by atoms with Gasteiger partial charge < -0.3 is 9.84 Å². The number of morpholine rings is 1. The molecule has 1 N–H and O–H groups in total. The maximum atomic E-state index is 13.4. The normalized spacial score (nSPS) is 22.7. The third kappa shape index (κ3) is 4.82. The number of halogens is 1. The van der Waals surface area contributed by atoms with E-state index in [2.05, 4.69) is 30.6 Å². The molecule has 1 heterocycles. The lowest BCUT2D eigenvalue weighted by molar-refractivity contribution is -0.0705. The molecule has 4 heteroatoms. The lowest BCUT2D eigenvalue weighted by Gasteiger charge is -2.35. The minimum Gasteiger partial charge on any atom is -0.395 e. The zero-order valence-electron chi connectivity index (χ0n) is 12.6. The largest absolute Gasteiger partial charge is 0.395 e. The molecular weight excluding hydrogens is 269 g/mol. The minimum atomic E-state index is -0.282. The van der Waals surface area contributed by atoms with Crippen LogP contribution in [0.3, 0.4) is 0 Å². The summed E-state index contributed by atoms with van der Waals surface area (Å²) in [6.45, 7) is 6.62. The summed E-state index contributed by atoms with van der Waals surface area (Å²) in [7, 11) is 0. The first kappa shape index (κ1) is 16.0. The second-order valence-electron chi connectivity index (χ2n) is 5.53. The molecule has 0 radical (unpaired) electrons. The number of rotatable bonds is 3. The Morgan fingerprint density at radius 2 is 2.05 bits per heavy atom. The fraction of sp³-hybridized carbons (Fsp3) is 0.529. The molecule has 2 rings (SSSR count). The summed E-state index contributed by atoms with van der Waals surface area (Å²) < 4.78 is 19.1. The van der Waals surface area contributed by atoms with Gasteiger partial charge in [0.2, 0.25) is 0 Å². The van der Waals surface area contributed by atoms with Crippen LogP contribution in [0.25, 0.3) is 0 Å². The average molecular weight is 291 g/mol. The first-order valence-electron chi connectivity index (χ1n) is 7.34. The van der Waals surface area contributed by atoms with Crippen LogP contribution >= 0.6 is 0 Å². The number of hydrogen-bond acceptors (Lipinski definition) is 3. The Balaban J connectivity index is 2.14. The van der Waals surface area contributed by atoms with Gasteiger partial charge in [0.25, 0.3) is 0 Å². The number of aliphatic hydroxyl groups excluding tert-OH is 1. The van der Waals surface area contributed by atoms with E-state index in [4.69, 9.17) is 9.84 Å². The van der Waals surface area contributed by atoms with Crippen molar-refractivity contribution in [2.75, 3.05) is 19.7 Å². The van der Waals surface area contributed by atoms with Crippen molar-refractivity contribution < 1.29 is 14.2 Å². The number of hydrogen-bond donors (Lipinski definition) is 1. The Kier molecular flexibility index (Phi) is 5.75. The van der Waals surface area contributed by atoms with Crippen LogP contribution in [0.5, 0.6) is 0 Å². The number of benzene rings is 1. The summed E-state index contributed by atoms with van der Waals surface area (Å²) in [5.41, 5.74) is 1.72. The Hall–Kier alpha value is -1.41. The Labute approximate surface area is 125 Å². The maximum absolute atomic E-state index is 13.4. The highest BCUT2D eigenvalue weighted by Gasteiger charge is 2.22. The van der Waals surface area contributed by atoms with Gasteiger partial charge in [-0.05, 0) is 31.5 Å². The van der Waals surface area contributed by atoms with Gasteiger partial charge in [-0.25, -0.2) is 4.39 Å². The molecule has 0 aromatic heterocycles. The zero-order valence-corrected chi connectivity index (χ0v) is 12.6. The first-order valence-corrected chi connectivity index (χ1v) is 7.34. The van der Waals surface area contributed by atoms with Gasteiger partial charge in [-0.1, -0.05) is 17.9 Å². The number of nitrogens with zero attached hydrogens (tertiary/aromatic N) is 1. The van der Waals surface area contributed by atoms with Gasteiger partial charge in [0.1, 0.15) is 5.82 Å². The predicted octanol–water partition coefficient (Wildman–Crippen LogP) is 2.17. The fourth-order valence-corrected chi connectivity index (χ4v) is 2.67. The van der Waals surface area contributed by atoms with Gasteiger partial charge in [0.15, 0.2) is 0 Å². The third-order valence-electron chi connectivity index (χ3n) is 3.42. The van der Waals surface area contributed by atoms with Gasteiger partial charge in [0, 0.05) is 31.6 Å². The van der Waals surface area contributed by atoms with E-state index in [1.54, 1.807) is 6.07 Å². The molecule has 1 aromatic carbocycles. The summed E-state index contributed by atoms with van der Waals surface area (Å²) in [6, 6.07) is 4.73.